The maximum Gasteiger partial charge on any atom is 0.174 e. The summed E-state index contributed by atoms with van der Waals surface area (Å²) < 4.78 is 13.3. The molecule has 3 aromatic heterocycles. The summed E-state index contributed by atoms with van der Waals surface area (Å²) in [6.45, 7) is 0. The fraction of sp³-hybridized carbons (Fsp3) is 0.160. The molecule has 166 valence electrons. The van der Waals surface area contributed by atoms with E-state index in [1.54, 1.807) is 26.6 Å². The largest absolute Gasteiger partial charge is 0.497 e. The Labute approximate surface area is 197 Å². The minimum absolute atomic E-state index is 0.188. The van der Waals surface area contributed by atoms with Gasteiger partial charge in [0.2, 0.25) is 0 Å². The fourth-order valence-electron chi connectivity index (χ4n) is 4.24. The summed E-state index contributed by atoms with van der Waals surface area (Å²) in [5.41, 5.74) is 2.72. The molecule has 0 aliphatic carbocycles. The van der Waals surface area contributed by atoms with Crippen LogP contribution in [-0.2, 0) is 0 Å². The lowest BCUT2D eigenvalue weighted by Gasteiger charge is -2.30. The van der Waals surface area contributed by atoms with Crippen LogP contribution in [0.3, 0.4) is 0 Å². The first-order chi connectivity index (χ1) is 16.2. The number of nitrogens with zero attached hydrogens (tertiary/aromatic N) is 4. The van der Waals surface area contributed by atoms with E-state index in [0.717, 1.165) is 22.9 Å². The summed E-state index contributed by atoms with van der Waals surface area (Å²) in [5.74, 6) is 2.24. The Hall–Kier alpha value is -3.91. The lowest BCUT2D eigenvalue weighted by Crippen LogP contribution is -2.30. The van der Waals surface area contributed by atoms with Crippen LogP contribution in [0.1, 0.15) is 23.5 Å². The quantitative estimate of drug-likeness (QED) is 0.429. The molecule has 2 atom stereocenters. The summed E-state index contributed by atoms with van der Waals surface area (Å²) in [6.07, 6.45) is 5.59. The Morgan fingerprint density at radius 2 is 1.73 bits per heavy atom. The standard InChI is InChI=1S/C25H23N5O2S/c1-31-17-11-12-21(32-2)20(16-17)30-24(23(28-25(30)33)18-8-3-5-13-26-18)19-9-7-15-29(19)22-10-4-6-14-27-22/h3-16,23-24H,1-2H3,(H,28,33)/t23-,24+/m1/s1. The number of aromatic nitrogens is 3. The van der Waals surface area contributed by atoms with Crippen molar-refractivity contribution in [1.82, 2.24) is 19.9 Å². The molecule has 4 aromatic rings. The van der Waals surface area contributed by atoms with E-state index in [9.17, 15) is 0 Å². The van der Waals surface area contributed by atoms with Crippen LogP contribution in [0, 0.1) is 0 Å². The Bertz CT molecular complexity index is 1260. The summed E-state index contributed by atoms with van der Waals surface area (Å²) in [7, 11) is 3.30. The molecule has 0 amide bonds. The maximum absolute atomic E-state index is 5.86. The van der Waals surface area contributed by atoms with Crippen molar-refractivity contribution in [1.29, 1.82) is 0 Å². The molecule has 33 heavy (non-hydrogen) atoms. The second-order valence-electron chi connectivity index (χ2n) is 7.53. The third kappa shape index (κ3) is 3.78. The number of methoxy groups -OCH3 is 2. The normalized spacial score (nSPS) is 17.6. The van der Waals surface area contributed by atoms with Gasteiger partial charge in [0, 0.05) is 30.4 Å². The van der Waals surface area contributed by atoms with Gasteiger partial charge in [0.25, 0.3) is 0 Å². The molecule has 1 aliphatic heterocycles. The van der Waals surface area contributed by atoms with Gasteiger partial charge in [-0.3, -0.25) is 4.98 Å². The van der Waals surface area contributed by atoms with Crippen LogP contribution < -0.4 is 19.7 Å². The Morgan fingerprint density at radius 1 is 0.909 bits per heavy atom. The molecule has 7 nitrogen and oxygen atoms in total. The third-order valence-electron chi connectivity index (χ3n) is 5.72. The number of rotatable bonds is 6. The topological polar surface area (TPSA) is 64.4 Å². The molecule has 1 fully saturated rings. The number of pyridine rings is 2. The highest BCUT2D eigenvalue weighted by Crippen LogP contribution is 2.45. The Kier molecular flexibility index (Phi) is 5.66. The predicted molar refractivity (Wildman–Crippen MR) is 131 cm³/mol. The number of anilines is 1. The van der Waals surface area contributed by atoms with E-state index >= 15 is 0 Å². The molecule has 1 aromatic carbocycles. The molecule has 0 spiro atoms. The van der Waals surface area contributed by atoms with Gasteiger partial charge in [-0.05, 0) is 60.7 Å². The second kappa shape index (κ2) is 8.91. The lowest BCUT2D eigenvalue weighted by atomic mass is 10.0. The molecule has 8 heteroatoms. The number of nitrogens with one attached hydrogen (secondary N) is 1. The van der Waals surface area contributed by atoms with E-state index in [1.807, 2.05) is 66.9 Å². The van der Waals surface area contributed by atoms with E-state index in [2.05, 4.69) is 30.8 Å². The zero-order valence-electron chi connectivity index (χ0n) is 18.3. The second-order valence-corrected chi connectivity index (χ2v) is 7.91. The molecule has 4 heterocycles. The highest BCUT2D eigenvalue weighted by Gasteiger charge is 2.43. The summed E-state index contributed by atoms with van der Waals surface area (Å²) in [6, 6.07) is 21.2. The molecular weight excluding hydrogens is 434 g/mol. The first-order valence-electron chi connectivity index (χ1n) is 10.5. The van der Waals surface area contributed by atoms with Crippen molar-refractivity contribution in [2.75, 3.05) is 19.1 Å². The number of benzene rings is 1. The first kappa shape index (κ1) is 21.0. The van der Waals surface area contributed by atoms with Gasteiger partial charge >= 0.3 is 0 Å². The van der Waals surface area contributed by atoms with Crippen molar-refractivity contribution in [2.45, 2.75) is 12.1 Å². The summed E-state index contributed by atoms with van der Waals surface area (Å²) >= 11 is 5.86. The van der Waals surface area contributed by atoms with Crippen molar-refractivity contribution >= 4 is 23.0 Å². The van der Waals surface area contributed by atoms with Gasteiger partial charge in [-0.25, -0.2) is 4.98 Å². The van der Waals surface area contributed by atoms with Crippen molar-refractivity contribution < 1.29 is 9.47 Å². The molecular formula is C25H23N5O2S. The van der Waals surface area contributed by atoms with E-state index in [-0.39, 0.29) is 12.1 Å². The smallest absolute Gasteiger partial charge is 0.174 e. The van der Waals surface area contributed by atoms with E-state index in [1.165, 1.54) is 0 Å². The van der Waals surface area contributed by atoms with Gasteiger partial charge in [0.05, 0.1) is 31.6 Å². The summed E-state index contributed by atoms with van der Waals surface area (Å²) in [4.78, 5) is 11.3. The SMILES string of the molecule is COc1ccc(OC)c(N2C(=S)N[C@H](c3ccccn3)[C@@H]2c2cccn2-c2ccccn2)c1. The summed E-state index contributed by atoms with van der Waals surface area (Å²) in [5, 5.41) is 4.07. The molecule has 0 bridgehead atoms. The molecule has 0 radical (unpaired) electrons. The highest BCUT2D eigenvalue weighted by atomic mass is 32.1. The molecule has 1 N–H and O–H groups in total. The average molecular weight is 458 g/mol. The van der Waals surface area contributed by atoms with Gasteiger partial charge in [-0.2, -0.15) is 0 Å². The zero-order valence-corrected chi connectivity index (χ0v) is 19.1. The van der Waals surface area contributed by atoms with Crippen molar-refractivity contribution in [2.24, 2.45) is 0 Å². The molecule has 1 aliphatic rings. The number of thiocarbonyl (C=S) groups is 1. The lowest BCUT2D eigenvalue weighted by molar-refractivity contribution is 0.402. The molecule has 0 unspecified atom stereocenters. The first-order valence-corrected chi connectivity index (χ1v) is 10.9. The minimum Gasteiger partial charge on any atom is -0.497 e. The van der Waals surface area contributed by atoms with E-state index in [4.69, 9.17) is 21.7 Å². The van der Waals surface area contributed by atoms with Crippen LogP contribution in [0.5, 0.6) is 11.5 Å². The number of hydrogen-bond donors (Lipinski definition) is 1. The van der Waals surface area contributed by atoms with Crippen LogP contribution in [0.15, 0.2) is 85.3 Å². The Morgan fingerprint density at radius 3 is 2.42 bits per heavy atom. The van der Waals surface area contributed by atoms with Crippen LogP contribution >= 0.6 is 12.2 Å². The van der Waals surface area contributed by atoms with Crippen molar-refractivity contribution in [3.05, 3.63) is 96.7 Å². The zero-order chi connectivity index (χ0) is 22.8. The number of hydrogen-bond acceptors (Lipinski definition) is 5. The van der Waals surface area contributed by atoms with Crippen LogP contribution in [-0.4, -0.2) is 33.9 Å². The van der Waals surface area contributed by atoms with Gasteiger partial charge in [0.1, 0.15) is 23.4 Å². The van der Waals surface area contributed by atoms with Gasteiger partial charge < -0.3 is 24.3 Å². The predicted octanol–water partition coefficient (Wildman–Crippen LogP) is 4.46. The highest BCUT2D eigenvalue weighted by molar-refractivity contribution is 7.80. The number of ether oxygens (including phenoxy) is 2. The minimum atomic E-state index is -0.217. The van der Waals surface area contributed by atoms with Gasteiger partial charge in [-0.15, -0.1) is 0 Å². The molecule has 0 saturated carbocycles. The van der Waals surface area contributed by atoms with Crippen LogP contribution in [0.25, 0.3) is 5.82 Å². The average Bonchev–Trinajstić information content (AvgIpc) is 3.49. The third-order valence-corrected chi connectivity index (χ3v) is 6.04. The maximum atomic E-state index is 5.86. The van der Waals surface area contributed by atoms with E-state index < -0.39 is 0 Å². The van der Waals surface area contributed by atoms with Crippen LogP contribution in [0.2, 0.25) is 0 Å². The molecule has 1 saturated heterocycles. The van der Waals surface area contributed by atoms with Crippen LogP contribution in [0.4, 0.5) is 5.69 Å². The fourth-order valence-corrected chi connectivity index (χ4v) is 4.58. The molecule has 5 rings (SSSR count). The Balaban J connectivity index is 1.70. The van der Waals surface area contributed by atoms with Crippen molar-refractivity contribution in [3.63, 3.8) is 0 Å². The van der Waals surface area contributed by atoms with E-state index in [0.29, 0.717) is 16.6 Å². The monoisotopic (exact) mass is 457 g/mol. The van der Waals surface area contributed by atoms with Crippen molar-refractivity contribution in [3.8, 4) is 17.3 Å². The van der Waals surface area contributed by atoms with Gasteiger partial charge in [-0.1, -0.05) is 12.1 Å². The van der Waals surface area contributed by atoms with Gasteiger partial charge in [0.15, 0.2) is 5.11 Å².